The molecule has 154 valence electrons. The summed E-state index contributed by atoms with van der Waals surface area (Å²) >= 11 is 0. The number of rotatable bonds is 12. The molecule has 0 aliphatic carbocycles. The molecule has 1 atom stereocenters. The molecule has 1 heterocycles. The van der Waals surface area contributed by atoms with E-state index in [2.05, 4.69) is 55.1 Å². The molecule has 0 aromatic carbocycles. The van der Waals surface area contributed by atoms with Crippen LogP contribution >= 0.6 is 0 Å². The maximum atomic E-state index is 5.63. The van der Waals surface area contributed by atoms with Gasteiger partial charge in [-0.3, -0.25) is 4.99 Å². The molecule has 1 unspecified atom stereocenters. The highest BCUT2D eigenvalue weighted by Gasteiger charge is 2.17. The molecule has 6 nitrogen and oxygen atoms in total. The van der Waals surface area contributed by atoms with E-state index in [1.54, 1.807) is 0 Å². The van der Waals surface area contributed by atoms with Crippen LogP contribution in [0.1, 0.15) is 41.0 Å². The summed E-state index contributed by atoms with van der Waals surface area (Å²) in [6.45, 7) is 22.4. The van der Waals surface area contributed by atoms with E-state index < -0.39 is 0 Å². The Hall–Kier alpha value is -0.850. The van der Waals surface area contributed by atoms with Gasteiger partial charge in [-0.05, 0) is 31.7 Å². The Bertz CT molecular complexity index is 367. The van der Waals surface area contributed by atoms with Crippen LogP contribution in [-0.4, -0.2) is 87.9 Å². The zero-order valence-electron chi connectivity index (χ0n) is 17.9. The van der Waals surface area contributed by atoms with Gasteiger partial charge in [-0.25, -0.2) is 0 Å². The van der Waals surface area contributed by atoms with Crippen molar-refractivity contribution in [2.24, 2.45) is 16.8 Å². The quantitative estimate of drug-likeness (QED) is 0.312. The average molecular weight is 370 g/mol. The molecule has 1 fully saturated rings. The largest absolute Gasteiger partial charge is 0.381 e. The van der Waals surface area contributed by atoms with E-state index in [-0.39, 0.29) is 0 Å². The van der Waals surface area contributed by atoms with E-state index >= 15 is 0 Å². The first-order valence-electron chi connectivity index (χ1n) is 10.6. The van der Waals surface area contributed by atoms with Crippen molar-refractivity contribution in [3.63, 3.8) is 0 Å². The second-order valence-corrected chi connectivity index (χ2v) is 7.81. The Balaban J connectivity index is 2.22. The molecular formula is C20H43N5O. The molecule has 1 aliphatic rings. The summed E-state index contributed by atoms with van der Waals surface area (Å²) in [6, 6.07) is 0. The van der Waals surface area contributed by atoms with Crippen LogP contribution in [0.2, 0.25) is 0 Å². The lowest BCUT2D eigenvalue weighted by atomic mass is 10.1. The lowest BCUT2D eigenvalue weighted by Crippen LogP contribution is -2.47. The van der Waals surface area contributed by atoms with Gasteiger partial charge in [0.2, 0.25) is 0 Å². The molecule has 0 saturated carbocycles. The summed E-state index contributed by atoms with van der Waals surface area (Å²) in [6.07, 6.45) is 1.01. The van der Waals surface area contributed by atoms with Crippen LogP contribution in [0.3, 0.4) is 0 Å². The number of nitrogens with one attached hydrogen (secondary N) is 2. The van der Waals surface area contributed by atoms with Gasteiger partial charge < -0.3 is 25.2 Å². The predicted molar refractivity (Wildman–Crippen MR) is 112 cm³/mol. The summed E-state index contributed by atoms with van der Waals surface area (Å²) < 4.78 is 5.63. The van der Waals surface area contributed by atoms with Gasteiger partial charge in [0.15, 0.2) is 5.96 Å². The molecule has 2 N–H and O–H groups in total. The molecule has 1 rings (SSSR count). The number of hydrogen-bond acceptors (Lipinski definition) is 4. The Morgan fingerprint density at radius 2 is 1.73 bits per heavy atom. The zero-order chi connectivity index (χ0) is 19.2. The molecule has 1 saturated heterocycles. The third-order valence-electron chi connectivity index (χ3n) is 4.60. The molecule has 0 amide bonds. The number of guanidine groups is 1. The lowest BCUT2D eigenvalue weighted by molar-refractivity contribution is 0.108. The highest BCUT2D eigenvalue weighted by molar-refractivity contribution is 5.79. The van der Waals surface area contributed by atoms with Crippen LogP contribution in [-0.2, 0) is 4.74 Å². The SMILES string of the molecule is CCNC(=NCC(C)CN1CCN(CC)CC1)NCCCOCC(C)C. The van der Waals surface area contributed by atoms with Crippen molar-refractivity contribution in [1.29, 1.82) is 0 Å². The molecule has 1 aliphatic heterocycles. The van der Waals surface area contributed by atoms with Crippen LogP contribution in [0.5, 0.6) is 0 Å². The maximum Gasteiger partial charge on any atom is 0.191 e. The molecule has 26 heavy (non-hydrogen) atoms. The fourth-order valence-corrected chi connectivity index (χ4v) is 3.08. The van der Waals surface area contributed by atoms with Crippen molar-refractivity contribution in [3.05, 3.63) is 0 Å². The number of ether oxygens (including phenoxy) is 1. The smallest absolute Gasteiger partial charge is 0.191 e. The Kier molecular flexibility index (Phi) is 12.7. The minimum atomic E-state index is 0.577. The van der Waals surface area contributed by atoms with Gasteiger partial charge in [0.25, 0.3) is 0 Å². The van der Waals surface area contributed by atoms with E-state index in [1.165, 1.54) is 32.7 Å². The number of aliphatic imine (C=N–C) groups is 1. The zero-order valence-corrected chi connectivity index (χ0v) is 17.9. The van der Waals surface area contributed by atoms with E-state index in [0.717, 1.165) is 51.8 Å². The van der Waals surface area contributed by atoms with Gasteiger partial charge in [0, 0.05) is 65.6 Å². The van der Waals surface area contributed by atoms with Crippen molar-refractivity contribution in [2.45, 2.75) is 41.0 Å². The average Bonchev–Trinajstić information content (AvgIpc) is 2.62. The first-order valence-corrected chi connectivity index (χ1v) is 10.6. The van der Waals surface area contributed by atoms with Gasteiger partial charge in [-0.1, -0.05) is 27.7 Å². The van der Waals surface area contributed by atoms with Crippen LogP contribution in [0.15, 0.2) is 4.99 Å². The molecule has 0 bridgehead atoms. The summed E-state index contributed by atoms with van der Waals surface area (Å²) in [7, 11) is 0. The summed E-state index contributed by atoms with van der Waals surface area (Å²) in [4.78, 5) is 9.88. The lowest BCUT2D eigenvalue weighted by Gasteiger charge is -2.35. The first-order chi connectivity index (χ1) is 12.5. The van der Waals surface area contributed by atoms with Crippen LogP contribution in [0.4, 0.5) is 0 Å². The van der Waals surface area contributed by atoms with Gasteiger partial charge in [-0.15, -0.1) is 0 Å². The van der Waals surface area contributed by atoms with Crippen molar-refractivity contribution >= 4 is 5.96 Å². The summed E-state index contributed by atoms with van der Waals surface area (Å²) in [5.74, 6) is 2.11. The summed E-state index contributed by atoms with van der Waals surface area (Å²) in [5, 5.41) is 6.76. The Morgan fingerprint density at radius 1 is 1.04 bits per heavy atom. The van der Waals surface area contributed by atoms with Crippen LogP contribution in [0, 0.1) is 11.8 Å². The number of likely N-dealkylation sites (N-methyl/N-ethyl adjacent to an activating group) is 1. The maximum absolute atomic E-state index is 5.63. The van der Waals surface area contributed by atoms with Crippen LogP contribution < -0.4 is 10.6 Å². The van der Waals surface area contributed by atoms with E-state index in [1.807, 2.05) is 0 Å². The molecule has 0 spiro atoms. The molecule has 0 radical (unpaired) electrons. The second-order valence-electron chi connectivity index (χ2n) is 7.81. The number of hydrogen-bond donors (Lipinski definition) is 2. The van der Waals surface area contributed by atoms with Crippen molar-refractivity contribution in [1.82, 2.24) is 20.4 Å². The number of nitrogens with zero attached hydrogens (tertiary/aromatic N) is 3. The minimum absolute atomic E-state index is 0.577. The normalized spacial score (nSPS) is 18.3. The van der Waals surface area contributed by atoms with Crippen molar-refractivity contribution < 1.29 is 4.74 Å². The van der Waals surface area contributed by atoms with E-state index in [9.17, 15) is 0 Å². The number of piperazine rings is 1. The molecule has 0 aromatic heterocycles. The topological polar surface area (TPSA) is 52.1 Å². The highest BCUT2D eigenvalue weighted by Crippen LogP contribution is 2.06. The molecule has 0 aromatic rings. The molecule has 6 heteroatoms. The van der Waals surface area contributed by atoms with Crippen molar-refractivity contribution in [3.8, 4) is 0 Å². The molecular weight excluding hydrogens is 326 g/mol. The predicted octanol–water partition coefficient (Wildman–Crippen LogP) is 1.88. The fourth-order valence-electron chi connectivity index (χ4n) is 3.08. The van der Waals surface area contributed by atoms with Gasteiger partial charge >= 0.3 is 0 Å². The van der Waals surface area contributed by atoms with E-state index in [0.29, 0.717) is 11.8 Å². The monoisotopic (exact) mass is 369 g/mol. The van der Waals surface area contributed by atoms with Gasteiger partial charge in [-0.2, -0.15) is 0 Å². The third-order valence-corrected chi connectivity index (χ3v) is 4.60. The second kappa shape index (κ2) is 14.2. The minimum Gasteiger partial charge on any atom is -0.381 e. The third kappa shape index (κ3) is 11.0. The summed E-state index contributed by atoms with van der Waals surface area (Å²) in [5.41, 5.74) is 0. The standard InChI is InChI=1S/C20H43N5O/c1-6-21-20(22-9-8-14-26-17-18(3)4)23-15-19(5)16-25-12-10-24(7-2)11-13-25/h18-19H,6-17H2,1-5H3,(H2,21,22,23). The van der Waals surface area contributed by atoms with Gasteiger partial charge in [0.1, 0.15) is 0 Å². The van der Waals surface area contributed by atoms with E-state index in [4.69, 9.17) is 9.73 Å². The highest BCUT2D eigenvalue weighted by atomic mass is 16.5. The van der Waals surface area contributed by atoms with Crippen LogP contribution in [0.25, 0.3) is 0 Å². The van der Waals surface area contributed by atoms with Gasteiger partial charge in [0.05, 0.1) is 0 Å². The fraction of sp³-hybridized carbons (Fsp3) is 0.950. The Morgan fingerprint density at radius 3 is 2.35 bits per heavy atom. The van der Waals surface area contributed by atoms with Crippen molar-refractivity contribution in [2.75, 3.05) is 72.1 Å². The Labute approximate surface area is 161 Å². The first kappa shape index (κ1) is 23.2.